The molecule has 2 spiro atoms. The van der Waals surface area contributed by atoms with E-state index in [-0.39, 0.29) is 11.0 Å². The molecule has 2 aliphatic heterocycles. The fourth-order valence-corrected chi connectivity index (χ4v) is 9.74. The van der Waals surface area contributed by atoms with Crippen molar-refractivity contribution >= 4 is 0 Å². The van der Waals surface area contributed by atoms with Crippen molar-refractivity contribution in [2.45, 2.75) is 116 Å². The number of hydrogen-bond acceptors (Lipinski definition) is 4. The standard InChI is InChI=1S/C26H42O4/c1-21(2)27-15-23(5)19-8-7-17-13-18-14-25(17,24(19,6)10-9-20(23)29-21)11-12-26(18)16-28-22(3,4)30-26/h17-20H,7-16H2,1-6H3/t17-,18+,19-,20-,23-,24-,25-,26-/m0/s1. The van der Waals surface area contributed by atoms with Crippen LogP contribution < -0.4 is 0 Å². The minimum atomic E-state index is -0.435. The summed E-state index contributed by atoms with van der Waals surface area (Å²) in [5.41, 5.74) is 0.980. The Balaban J connectivity index is 1.33. The average Bonchev–Trinajstić information content (AvgIpc) is 3.16. The first kappa shape index (κ1) is 20.4. The zero-order valence-electron chi connectivity index (χ0n) is 20.0. The molecular weight excluding hydrogens is 376 g/mol. The Morgan fingerprint density at radius 2 is 1.50 bits per heavy atom. The molecule has 30 heavy (non-hydrogen) atoms. The second-order valence-corrected chi connectivity index (χ2v) is 13.2. The fourth-order valence-electron chi connectivity index (χ4n) is 9.74. The van der Waals surface area contributed by atoms with E-state index in [1.165, 1.54) is 51.4 Å². The maximum absolute atomic E-state index is 6.65. The van der Waals surface area contributed by atoms with Crippen LogP contribution in [0.5, 0.6) is 0 Å². The molecule has 0 aromatic rings. The van der Waals surface area contributed by atoms with Gasteiger partial charge in [0.25, 0.3) is 0 Å². The molecule has 4 heteroatoms. The summed E-state index contributed by atoms with van der Waals surface area (Å²) in [6.07, 6.45) is 10.7. The van der Waals surface area contributed by atoms with E-state index in [0.29, 0.717) is 28.8 Å². The first-order valence-electron chi connectivity index (χ1n) is 12.6. The Bertz CT molecular complexity index is 747. The lowest BCUT2D eigenvalue weighted by Crippen LogP contribution is -2.66. The highest BCUT2D eigenvalue weighted by atomic mass is 16.8. The molecule has 0 N–H and O–H groups in total. The van der Waals surface area contributed by atoms with Crippen molar-refractivity contribution in [3.05, 3.63) is 0 Å². The third kappa shape index (κ3) is 2.43. The number of ether oxygens (including phenoxy) is 4. The highest BCUT2D eigenvalue weighted by Crippen LogP contribution is 2.76. The predicted molar refractivity (Wildman–Crippen MR) is 115 cm³/mol. The molecule has 2 heterocycles. The van der Waals surface area contributed by atoms with Gasteiger partial charge in [0, 0.05) is 5.41 Å². The molecule has 2 saturated heterocycles. The highest BCUT2D eigenvalue weighted by Gasteiger charge is 2.72. The molecule has 6 aliphatic rings. The van der Waals surface area contributed by atoms with Gasteiger partial charge in [-0.1, -0.05) is 13.8 Å². The normalized spacial score (nSPS) is 58.2. The van der Waals surface area contributed by atoms with E-state index >= 15 is 0 Å². The third-order valence-corrected chi connectivity index (χ3v) is 11.1. The lowest BCUT2D eigenvalue weighted by molar-refractivity contribution is -0.352. The van der Waals surface area contributed by atoms with Gasteiger partial charge in [-0.05, 0) is 108 Å². The summed E-state index contributed by atoms with van der Waals surface area (Å²) in [5.74, 6) is 1.37. The molecule has 2 bridgehead atoms. The van der Waals surface area contributed by atoms with Crippen LogP contribution in [0.15, 0.2) is 0 Å². The topological polar surface area (TPSA) is 36.9 Å². The predicted octanol–water partition coefficient (Wildman–Crippen LogP) is 5.68. The molecule has 6 rings (SSSR count). The highest BCUT2D eigenvalue weighted by molar-refractivity contribution is 5.20. The second kappa shape index (κ2) is 5.85. The smallest absolute Gasteiger partial charge is 0.163 e. The van der Waals surface area contributed by atoms with Crippen LogP contribution in [0.1, 0.15) is 92.9 Å². The molecular formula is C26H42O4. The lowest BCUT2D eigenvalue weighted by Gasteiger charge is -2.68. The zero-order valence-corrected chi connectivity index (χ0v) is 20.0. The van der Waals surface area contributed by atoms with Crippen LogP contribution >= 0.6 is 0 Å². The van der Waals surface area contributed by atoms with Crippen molar-refractivity contribution in [3.63, 3.8) is 0 Å². The van der Waals surface area contributed by atoms with E-state index < -0.39 is 11.6 Å². The molecule has 170 valence electrons. The van der Waals surface area contributed by atoms with E-state index in [2.05, 4.69) is 41.5 Å². The van der Waals surface area contributed by atoms with Gasteiger partial charge in [-0.3, -0.25) is 0 Å². The van der Waals surface area contributed by atoms with Crippen LogP contribution in [0.3, 0.4) is 0 Å². The maximum Gasteiger partial charge on any atom is 0.163 e. The zero-order chi connectivity index (χ0) is 21.2. The van der Waals surface area contributed by atoms with Crippen molar-refractivity contribution in [1.29, 1.82) is 0 Å². The summed E-state index contributed by atoms with van der Waals surface area (Å²) in [7, 11) is 0. The summed E-state index contributed by atoms with van der Waals surface area (Å²) in [6, 6.07) is 0. The quantitative estimate of drug-likeness (QED) is 0.507. The Hall–Kier alpha value is -0.160. The Morgan fingerprint density at radius 1 is 0.733 bits per heavy atom. The molecule has 4 aliphatic carbocycles. The molecule has 0 aromatic carbocycles. The van der Waals surface area contributed by atoms with Gasteiger partial charge in [-0.2, -0.15) is 0 Å². The van der Waals surface area contributed by atoms with Gasteiger partial charge >= 0.3 is 0 Å². The van der Waals surface area contributed by atoms with Crippen LogP contribution in [-0.2, 0) is 18.9 Å². The maximum atomic E-state index is 6.65. The largest absolute Gasteiger partial charge is 0.350 e. The minimum absolute atomic E-state index is 0.0276. The summed E-state index contributed by atoms with van der Waals surface area (Å²) in [6.45, 7) is 15.2. The van der Waals surface area contributed by atoms with E-state index in [1.54, 1.807) is 0 Å². The molecule has 6 fully saturated rings. The SMILES string of the molecule is CC1(C)OC[C@]2(C)[C@H](CC[C@@]3(C)[C@H]2CC[C@H]2C[C@@H]4C[C@@]23CC[C@]42COC(C)(C)O2)O1. The Kier molecular flexibility index (Phi) is 3.98. The molecule has 0 aromatic heterocycles. The van der Waals surface area contributed by atoms with Crippen LogP contribution in [0.25, 0.3) is 0 Å². The molecule has 4 saturated carbocycles. The summed E-state index contributed by atoms with van der Waals surface area (Å²) < 4.78 is 25.6. The van der Waals surface area contributed by atoms with Gasteiger partial charge in [-0.15, -0.1) is 0 Å². The van der Waals surface area contributed by atoms with Gasteiger partial charge in [0.05, 0.1) is 24.9 Å². The Morgan fingerprint density at radius 3 is 2.23 bits per heavy atom. The van der Waals surface area contributed by atoms with Crippen molar-refractivity contribution < 1.29 is 18.9 Å². The molecule has 0 amide bonds. The van der Waals surface area contributed by atoms with E-state index in [1.807, 2.05) is 0 Å². The van der Waals surface area contributed by atoms with Gasteiger partial charge in [-0.25, -0.2) is 0 Å². The van der Waals surface area contributed by atoms with Crippen LogP contribution in [0.2, 0.25) is 0 Å². The van der Waals surface area contributed by atoms with Crippen molar-refractivity contribution in [2.24, 2.45) is 34.0 Å². The van der Waals surface area contributed by atoms with Crippen LogP contribution in [0.4, 0.5) is 0 Å². The van der Waals surface area contributed by atoms with Crippen LogP contribution in [-0.4, -0.2) is 36.5 Å². The van der Waals surface area contributed by atoms with Crippen LogP contribution in [0, 0.1) is 34.0 Å². The number of fused-ring (bicyclic) bond motifs is 5. The number of hydrogen-bond donors (Lipinski definition) is 0. The van der Waals surface area contributed by atoms with E-state index in [9.17, 15) is 0 Å². The van der Waals surface area contributed by atoms with E-state index in [0.717, 1.165) is 19.1 Å². The van der Waals surface area contributed by atoms with Crippen molar-refractivity contribution in [3.8, 4) is 0 Å². The lowest BCUT2D eigenvalue weighted by atomic mass is 9.39. The minimum Gasteiger partial charge on any atom is -0.350 e. The Labute approximate surface area is 182 Å². The van der Waals surface area contributed by atoms with Gasteiger partial charge in [0.1, 0.15) is 0 Å². The fraction of sp³-hybridized carbons (Fsp3) is 1.00. The van der Waals surface area contributed by atoms with E-state index in [4.69, 9.17) is 18.9 Å². The molecule has 0 radical (unpaired) electrons. The second-order valence-electron chi connectivity index (χ2n) is 13.2. The first-order valence-corrected chi connectivity index (χ1v) is 12.6. The number of rotatable bonds is 0. The molecule has 0 unspecified atom stereocenters. The van der Waals surface area contributed by atoms with Crippen molar-refractivity contribution in [2.75, 3.05) is 13.2 Å². The summed E-state index contributed by atoms with van der Waals surface area (Å²) >= 11 is 0. The molecule has 8 atom stereocenters. The third-order valence-electron chi connectivity index (χ3n) is 11.1. The van der Waals surface area contributed by atoms with Crippen molar-refractivity contribution in [1.82, 2.24) is 0 Å². The van der Waals surface area contributed by atoms with Gasteiger partial charge in [0.2, 0.25) is 0 Å². The monoisotopic (exact) mass is 418 g/mol. The molecule has 4 nitrogen and oxygen atoms in total. The first-order chi connectivity index (χ1) is 13.9. The van der Waals surface area contributed by atoms with Gasteiger partial charge in [0.15, 0.2) is 11.6 Å². The van der Waals surface area contributed by atoms with Gasteiger partial charge < -0.3 is 18.9 Å². The average molecular weight is 419 g/mol. The summed E-state index contributed by atoms with van der Waals surface area (Å²) in [4.78, 5) is 0. The summed E-state index contributed by atoms with van der Waals surface area (Å²) in [5, 5.41) is 0.